The number of fused-ring (bicyclic) bond motifs is 1. The van der Waals surface area contributed by atoms with Gasteiger partial charge in [-0.3, -0.25) is 4.79 Å². The van der Waals surface area contributed by atoms with Gasteiger partial charge in [-0.05, 0) is 42.3 Å². The van der Waals surface area contributed by atoms with Crippen LogP contribution in [0.1, 0.15) is 36.7 Å². The van der Waals surface area contributed by atoms with E-state index in [1.165, 1.54) is 18.4 Å². The van der Waals surface area contributed by atoms with E-state index >= 15 is 0 Å². The van der Waals surface area contributed by atoms with Crippen molar-refractivity contribution in [1.82, 2.24) is 18.8 Å². The van der Waals surface area contributed by atoms with Crippen LogP contribution in [0.25, 0.3) is 11.0 Å². The van der Waals surface area contributed by atoms with Crippen LogP contribution in [0.2, 0.25) is 0 Å². The first kappa shape index (κ1) is 24.4. The number of carbonyl (C=O) groups is 1. The number of sulfonamides is 1. The van der Waals surface area contributed by atoms with Gasteiger partial charge in [0.05, 0.1) is 27.6 Å². The summed E-state index contributed by atoms with van der Waals surface area (Å²) >= 11 is 0. The van der Waals surface area contributed by atoms with Crippen molar-refractivity contribution in [3.63, 3.8) is 0 Å². The molecule has 0 N–H and O–H groups in total. The molecule has 9 heteroatoms. The van der Waals surface area contributed by atoms with Crippen molar-refractivity contribution in [3.8, 4) is 6.07 Å². The molecule has 0 bridgehead atoms. The Bertz CT molecular complexity index is 1290. The van der Waals surface area contributed by atoms with Crippen LogP contribution in [0.3, 0.4) is 0 Å². The third-order valence-electron chi connectivity index (χ3n) is 5.59. The summed E-state index contributed by atoms with van der Waals surface area (Å²) in [5.41, 5.74) is 2.98. The van der Waals surface area contributed by atoms with E-state index in [1.54, 1.807) is 30.3 Å². The minimum Gasteiger partial charge on any atom is -0.338 e. The molecule has 0 unspecified atom stereocenters. The van der Waals surface area contributed by atoms with Crippen molar-refractivity contribution in [2.24, 2.45) is 7.05 Å². The van der Waals surface area contributed by atoms with Gasteiger partial charge in [0.25, 0.3) is 0 Å². The van der Waals surface area contributed by atoms with Crippen molar-refractivity contribution >= 4 is 27.0 Å². The molecule has 0 radical (unpaired) electrons. The first-order valence-electron chi connectivity index (χ1n) is 10.8. The number of aromatic nitrogens is 2. The summed E-state index contributed by atoms with van der Waals surface area (Å²) < 4.78 is 27.9. The molecule has 0 saturated heterocycles. The maximum absolute atomic E-state index is 13.0. The number of nitrogens with zero attached hydrogens (tertiary/aromatic N) is 5. The third kappa shape index (κ3) is 5.41. The topological polar surface area (TPSA) is 99.3 Å². The fourth-order valence-electron chi connectivity index (χ4n) is 3.67. The van der Waals surface area contributed by atoms with Crippen LogP contribution < -0.4 is 0 Å². The highest BCUT2D eigenvalue weighted by atomic mass is 32.2. The molecular formula is C24H29N5O3S. The Morgan fingerprint density at radius 1 is 1.15 bits per heavy atom. The maximum atomic E-state index is 13.0. The summed E-state index contributed by atoms with van der Waals surface area (Å²) in [5, 5.41) is 8.96. The van der Waals surface area contributed by atoms with Crippen molar-refractivity contribution in [2.75, 3.05) is 20.6 Å². The van der Waals surface area contributed by atoms with Crippen molar-refractivity contribution in [1.29, 1.82) is 5.26 Å². The molecule has 0 fully saturated rings. The van der Waals surface area contributed by atoms with E-state index in [-0.39, 0.29) is 10.8 Å². The van der Waals surface area contributed by atoms with Crippen LogP contribution in [0.15, 0.2) is 47.4 Å². The fraction of sp³-hybridized carbons (Fsp3) is 0.375. The zero-order chi connectivity index (χ0) is 24.2. The minimum atomic E-state index is -3.54. The van der Waals surface area contributed by atoms with E-state index < -0.39 is 10.0 Å². The molecule has 0 saturated carbocycles. The quantitative estimate of drug-likeness (QED) is 0.482. The Morgan fingerprint density at radius 2 is 1.85 bits per heavy atom. The van der Waals surface area contributed by atoms with Gasteiger partial charge in [0.2, 0.25) is 15.9 Å². The number of benzene rings is 2. The molecule has 33 heavy (non-hydrogen) atoms. The predicted octanol–water partition coefficient (Wildman–Crippen LogP) is 3.07. The zero-order valence-corrected chi connectivity index (χ0v) is 20.3. The highest BCUT2D eigenvalue weighted by Crippen LogP contribution is 2.22. The third-order valence-corrected chi connectivity index (χ3v) is 7.40. The molecule has 0 spiro atoms. The largest absolute Gasteiger partial charge is 0.338 e. The lowest BCUT2D eigenvalue weighted by atomic mass is 10.1. The molecule has 1 heterocycles. The molecule has 0 aliphatic carbocycles. The average Bonchev–Trinajstić information content (AvgIpc) is 3.12. The number of carbonyl (C=O) groups excluding carboxylic acids is 1. The Balaban J connectivity index is 1.75. The molecule has 3 rings (SSSR count). The Morgan fingerprint density at radius 3 is 2.45 bits per heavy atom. The van der Waals surface area contributed by atoms with Gasteiger partial charge in [-0.1, -0.05) is 19.1 Å². The standard InChI is InChI=1S/C24H29N5O3S/c1-5-14-29(17-19-8-6-18(16-25)7-9-19)24(30)13-12-23-26-21-15-20(33(31,32)27(2)3)10-11-22(21)28(23)4/h6-11,15H,5,12-14,17H2,1-4H3. The summed E-state index contributed by atoms with van der Waals surface area (Å²) in [7, 11) is 1.32. The minimum absolute atomic E-state index is 0.0316. The number of aryl methyl sites for hydroxylation is 2. The van der Waals surface area contributed by atoms with E-state index in [2.05, 4.69) is 11.1 Å². The lowest BCUT2D eigenvalue weighted by Crippen LogP contribution is -2.31. The predicted molar refractivity (Wildman–Crippen MR) is 127 cm³/mol. The van der Waals surface area contributed by atoms with Gasteiger partial charge < -0.3 is 9.47 Å². The second-order valence-electron chi connectivity index (χ2n) is 8.15. The molecule has 1 aromatic heterocycles. The molecule has 0 aliphatic rings. The molecule has 3 aromatic rings. The highest BCUT2D eigenvalue weighted by molar-refractivity contribution is 7.89. The van der Waals surface area contributed by atoms with Gasteiger partial charge in [-0.15, -0.1) is 0 Å². The van der Waals surface area contributed by atoms with Crippen molar-refractivity contribution in [3.05, 3.63) is 59.4 Å². The lowest BCUT2D eigenvalue weighted by molar-refractivity contribution is -0.131. The van der Waals surface area contributed by atoms with Gasteiger partial charge in [0.1, 0.15) is 5.82 Å². The van der Waals surface area contributed by atoms with Crippen LogP contribution in [-0.2, 0) is 34.8 Å². The van der Waals surface area contributed by atoms with E-state index in [0.717, 1.165) is 23.3 Å². The Kier molecular flexibility index (Phi) is 7.51. The normalized spacial score (nSPS) is 11.6. The first-order valence-corrected chi connectivity index (χ1v) is 12.3. The first-order chi connectivity index (χ1) is 15.7. The van der Waals surface area contributed by atoms with Crippen LogP contribution in [0.4, 0.5) is 0 Å². The fourth-order valence-corrected chi connectivity index (χ4v) is 4.59. The number of hydrogen-bond donors (Lipinski definition) is 0. The van der Waals surface area contributed by atoms with Crippen molar-refractivity contribution in [2.45, 2.75) is 37.6 Å². The summed E-state index contributed by atoms with van der Waals surface area (Å²) in [6, 6.07) is 14.3. The molecule has 0 aliphatic heterocycles. The molecular weight excluding hydrogens is 438 g/mol. The highest BCUT2D eigenvalue weighted by Gasteiger charge is 2.20. The number of hydrogen-bond acceptors (Lipinski definition) is 5. The van der Waals surface area contributed by atoms with E-state index in [9.17, 15) is 13.2 Å². The summed E-state index contributed by atoms with van der Waals surface area (Å²) in [6.07, 6.45) is 1.60. The van der Waals surface area contributed by atoms with Gasteiger partial charge in [0, 0.05) is 47.1 Å². The maximum Gasteiger partial charge on any atom is 0.242 e. The Labute approximate surface area is 195 Å². The second kappa shape index (κ2) is 10.1. The van der Waals surface area contributed by atoms with Gasteiger partial charge in [-0.25, -0.2) is 17.7 Å². The number of amides is 1. The molecule has 8 nitrogen and oxygen atoms in total. The SMILES string of the molecule is CCCN(Cc1ccc(C#N)cc1)C(=O)CCc1nc2cc(S(=O)(=O)N(C)C)ccc2n1C. The molecule has 0 atom stereocenters. The van der Waals surface area contributed by atoms with Crippen LogP contribution in [0.5, 0.6) is 0 Å². The van der Waals surface area contributed by atoms with Crippen LogP contribution in [0, 0.1) is 11.3 Å². The van der Waals surface area contributed by atoms with Crippen LogP contribution >= 0.6 is 0 Å². The van der Waals surface area contributed by atoms with E-state index in [0.29, 0.717) is 37.0 Å². The Hall–Kier alpha value is -3.22. The summed E-state index contributed by atoms with van der Waals surface area (Å²) in [4.78, 5) is 19.6. The van der Waals surface area contributed by atoms with Gasteiger partial charge >= 0.3 is 0 Å². The number of nitriles is 1. The van der Waals surface area contributed by atoms with Gasteiger partial charge in [-0.2, -0.15) is 5.26 Å². The molecule has 174 valence electrons. The molecule has 1 amide bonds. The summed E-state index contributed by atoms with van der Waals surface area (Å²) in [5.74, 6) is 0.761. The smallest absolute Gasteiger partial charge is 0.242 e. The van der Waals surface area contributed by atoms with E-state index in [1.807, 2.05) is 35.6 Å². The van der Waals surface area contributed by atoms with Crippen LogP contribution in [-0.4, -0.2) is 53.7 Å². The number of imidazole rings is 1. The summed E-state index contributed by atoms with van der Waals surface area (Å²) in [6.45, 7) is 3.17. The van der Waals surface area contributed by atoms with E-state index in [4.69, 9.17) is 5.26 Å². The van der Waals surface area contributed by atoms with Gasteiger partial charge in [0.15, 0.2) is 0 Å². The monoisotopic (exact) mass is 467 g/mol. The second-order valence-corrected chi connectivity index (χ2v) is 10.3. The number of rotatable bonds is 9. The lowest BCUT2D eigenvalue weighted by Gasteiger charge is -2.22. The molecule has 2 aromatic carbocycles. The zero-order valence-electron chi connectivity index (χ0n) is 19.4. The average molecular weight is 468 g/mol. The van der Waals surface area contributed by atoms with Crippen molar-refractivity contribution < 1.29 is 13.2 Å².